The first kappa shape index (κ1) is 11.5. The second kappa shape index (κ2) is 5.37. The number of hydrogen-bond acceptors (Lipinski definition) is 2. The van der Waals surface area contributed by atoms with E-state index in [1.165, 1.54) is 5.56 Å². The fraction of sp³-hybridized carbons (Fsp3) is 0.300. The fourth-order valence-electron chi connectivity index (χ4n) is 1.02. The molecule has 0 aliphatic rings. The molecule has 0 heterocycles. The van der Waals surface area contributed by atoms with E-state index >= 15 is 0 Å². The van der Waals surface area contributed by atoms with Gasteiger partial charge in [0.15, 0.2) is 6.61 Å². The Labute approximate surface area is 96.3 Å². The van der Waals surface area contributed by atoms with Crippen LogP contribution in [0.15, 0.2) is 22.7 Å². The van der Waals surface area contributed by atoms with E-state index in [1.807, 2.05) is 18.2 Å². The second-order valence-corrected chi connectivity index (χ2v) is 4.04. The van der Waals surface area contributed by atoms with Gasteiger partial charge >= 0.3 is 0 Å². The highest BCUT2D eigenvalue weighted by molar-refractivity contribution is 9.10. The maximum Gasteiger partial charge on any atom is 0.259 e. The van der Waals surface area contributed by atoms with E-state index in [-0.39, 0.29) is 6.61 Å². The minimum atomic E-state index is -0.503. The summed E-state index contributed by atoms with van der Waals surface area (Å²) in [5.41, 5.74) is 1.21. The summed E-state index contributed by atoms with van der Waals surface area (Å²) < 4.78 is 6.01. The molecular formula is C10H10BrClO2. The minimum Gasteiger partial charge on any atom is -0.483 e. The molecular weight excluding hydrogens is 267 g/mol. The van der Waals surface area contributed by atoms with Crippen LogP contribution in [0.2, 0.25) is 0 Å². The number of carbonyl (C=O) groups is 1. The van der Waals surface area contributed by atoms with Gasteiger partial charge in [-0.05, 0) is 51.6 Å². The first-order chi connectivity index (χ1) is 6.63. The summed E-state index contributed by atoms with van der Waals surface area (Å²) in [6, 6.07) is 5.75. The van der Waals surface area contributed by atoms with Crippen LogP contribution in [0.3, 0.4) is 0 Å². The molecule has 76 valence electrons. The monoisotopic (exact) mass is 276 g/mol. The third kappa shape index (κ3) is 3.31. The van der Waals surface area contributed by atoms with Gasteiger partial charge in [0.25, 0.3) is 5.24 Å². The quantitative estimate of drug-likeness (QED) is 0.790. The van der Waals surface area contributed by atoms with Crippen LogP contribution in [-0.2, 0) is 11.2 Å². The van der Waals surface area contributed by atoms with Crippen molar-refractivity contribution in [1.29, 1.82) is 0 Å². The zero-order chi connectivity index (χ0) is 10.6. The Morgan fingerprint density at radius 3 is 2.79 bits per heavy atom. The van der Waals surface area contributed by atoms with Gasteiger partial charge in [0.05, 0.1) is 4.47 Å². The summed E-state index contributed by atoms with van der Waals surface area (Å²) >= 11 is 8.52. The third-order valence-corrected chi connectivity index (χ3v) is 2.47. The number of aryl methyl sites for hydroxylation is 1. The van der Waals surface area contributed by atoms with Gasteiger partial charge in [-0.25, -0.2) is 0 Å². The van der Waals surface area contributed by atoms with Crippen LogP contribution in [0.1, 0.15) is 12.5 Å². The van der Waals surface area contributed by atoms with E-state index in [4.69, 9.17) is 16.3 Å². The maximum atomic E-state index is 10.5. The summed E-state index contributed by atoms with van der Waals surface area (Å²) in [7, 11) is 0. The molecule has 0 saturated carbocycles. The molecule has 0 bridgehead atoms. The molecule has 2 nitrogen and oxygen atoms in total. The molecule has 0 aliphatic carbocycles. The normalized spacial score (nSPS) is 9.93. The molecule has 1 rings (SSSR count). The van der Waals surface area contributed by atoms with Crippen LogP contribution in [0, 0.1) is 0 Å². The number of halogens is 2. The number of hydrogen-bond donors (Lipinski definition) is 0. The molecule has 0 N–H and O–H groups in total. The lowest BCUT2D eigenvalue weighted by Gasteiger charge is -2.06. The summed E-state index contributed by atoms with van der Waals surface area (Å²) in [6.07, 6.45) is 0.966. The molecule has 14 heavy (non-hydrogen) atoms. The van der Waals surface area contributed by atoms with E-state index < -0.39 is 5.24 Å². The lowest BCUT2D eigenvalue weighted by molar-refractivity contribution is -0.113. The van der Waals surface area contributed by atoms with Crippen LogP contribution in [0.4, 0.5) is 0 Å². The molecule has 0 aromatic heterocycles. The summed E-state index contributed by atoms with van der Waals surface area (Å²) in [4.78, 5) is 10.5. The molecule has 0 aliphatic heterocycles. The maximum absolute atomic E-state index is 10.5. The largest absolute Gasteiger partial charge is 0.483 e. The Morgan fingerprint density at radius 1 is 1.57 bits per heavy atom. The predicted molar refractivity (Wildman–Crippen MR) is 59.9 cm³/mol. The Kier molecular flexibility index (Phi) is 4.42. The van der Waals surface area contributed by atoms with Gasteiger partial charge < -0.3 is 4.74 Å². The van der Waals surface area contributed by atoms with Gasteiger partial charge in [0.2, 0.25) is 0 Å². The van der Waals surface area contributed by atoms with E-state index in [9.17, 15) is 4.79 Å². The molecule has 0 atom stereocenters. The Morgan fingerprint density at radius 2 is 2.29 bits per heavy atom. The summed E-state index contributed by atoms with van der Waals surface area (Å²) in [6.45, 7) is 1.97. The number of ether oxygens (including phenoxy) is 1. The standard InChI is InChI=1S/C10H10BrClO2/c1-2-7-3-4-9(8(11)5-7)14-6-10(12)13/h3-5H,2,6H2,1H3. The van der Waals surface area contributed by atoms with E-state index in [2.05, 4.69) is 22.9 Å². The van der Waals surface area contributed by atoms with Gasteiger partial charge in [-0.1, -0.05) is 13.0 Å². The van der Waals surface area contributed by atoms with Crippen molar-refractivity contribution in [2.75, 3.05) is 6.61 Å². The van der Waals surface area contributed by atoms with Crippen LogP contribution in [-0.4, -0.2) is 11.8 Å². The number of benzene rings is 1. The Bertz CT molecular complexity index is 339. The van der Waals surface area contributed by atoms with Gasteiger partial charge in [0.1, 0.15) is 5.75 Å². The molecule has 0 radical (unpaired) electrons. The summed E-state index contributed by atoms with van der Waals surface area (Å²) in [5, 5.41) is -0.503. The van der Waals surface area contributed by atoms with E-state index in [0.717, 1.165) is 10.9 Å². The summed E-state index contributed by atoms with van der Waals surface area (Å²) in [5.74, 6) is 0.635. The lowest BCUT2D eigenvalue weighted by atomic mass is 10.2. The second-order valence-electron chi connectivity index (χ2n) is 2.76. The van der Waals surface area contributed by atoms with Crippen molar-refractivity contribution in [3.8, 4) is 5.75 Å². The van der Waals surface area contributed by atoms with Gasteiger partial charge in [-0.2, -0.15) is 0 Å². The van der Waals surface area contributed by atoms with Crippen LogP contribution < -0.4 is 4.74 Å². The smallest absolute Gasteiger partial charge is 0.259 e. The van der Waals surface area contributed by atoms with Crippen molar-refractivity contribution < 1.29 is 9.53 Å². The van der Waals surface area contributed by atoms with Gasteiger partial charge in [-0.15, -0.1) is 0 Å². The SMILES string of the molecule is CCc1ccc(OCC(=O)Cl)c(Br)c1. The van der Waals surface area contributed by atoms with Crippen molar-refractivity contribution in [2.45, 2.75) is 13.3 Å². The van der Waals surface area contributed by atoms with Gasteiger partial charge in [0, 0.05) is 0 Å². The molecule has 4 heteroatoms. The molecule has 0 spiro atoms. The fourth-order valence-corrected chi connectivity index (χ4v) is 1.61. The predicted octanol–water partition coefficient (Wildman–Crippen LogP) is 3.16. The Balaban J connectivity index is 2.73. The topological polar surface area (TPSA) is 26.3 Å². The molecule has 0 amide bonds. The number of carbonyl (C=O) groups excluding carboxylic acids is 1. The minimum absolute atomic E-state index is 0.106. The molecule has 1 aromatic carbocycles. The average Bonchev–Trinajstić information content (AvgIpc) is 2.15. The van der Waals surface area contributed by atoms with Gasteiger partial charge in [-0.3, -0.25) is 4.79 Å². The van der Waals surface area contributed by atoms with Crippen LogP contribution >= 0.6 is 27.5 Å². The van der Waals surface area contributed by atoms with E-state index in [0.29, 0.717) is 5.75 Å². The number of rotatable bonds is 4. The van der Waals surface area contributed by atoms with Crippen molar-refractivity contribution in [2.24, 2.45) is 0 Å². The molecule has 0 fully saturated rings. The highest BCUT2D eigenvalue weighted by Crippen LogP contribution is 2.26. The first-order valence-electron chi connectivity index (χ1n) is 4.23. The average molecular weight is 278 g/mol. The first-order valence-corrected chi connectivity index (χ1v) is 5.40. The third-order valence-electron chi connectivity index (χ3n) is 1.75. The zero-order valence-corrected chi connectivity index (χ0v) is 10.1. The Hall–Kier alpha value is -0.540. The van der Waals surface area contributed by atoms with Crippen LogP contribution in [0.25, 0.3) is 0 Å². The molecule has 1 aromatic rings. The van der Waals surface area contributed by atoms with Crippen molar-refractivity contribution in [3.05, 3.63) is 28.2 Å². The lowest BCUT2D eigenvalue weighted by Crippen LogP contribution is -2.04. The molecule has 0 saturated heterocycles. The van der Waals surface area contributed by atoms with Crippen molar-refractivity contribution in [1.82, 2.24) is 0 Å². The van der Waals surface area contributed by atoms with Crippen LogP contribution in [0.5, 0.6) is 5.75 Å². The highest BCUT2D eigenvalue weighted by Gasteiger charge is 2.03. The van der Waals surface area contributed by atoms with Crippen molar-refractivity contribution in [3.63, 3.8) is 0 Å². The highest BCUT2D eigenvalue weighted by atomic mass is 79.9. The molecule has 0 unspecified atom stereocenters. The zero-order valence-electron chi connectivity index (χ0n) is 7.72. The van der Waals surface area contributed by atoms with Crippen molar-refractivity contribution >= 4 is 32.8 Å². The van der Waals surface area contributed by atoms with E-state index in [1.54, 1.807) is 0 Å².